The van der Waals surface area contributed by atoms with Crippen molar-refractivity contribution in [1.82, 2.24) is 9.78 Å². The highest BCUT2D eigenvalue weighted by Gasteiger charge is 2.36. The Bertz CT molecular complexity index is 459. The molecule has 1 unspecified atom stereocenters. The zero-order valence-electron chi connectivity index (χ0n) is 12.9. The standard InChI is InChI=1S/C16H28N4/c1-3-10-20-16(15(17)12(2)18-20)19-11-6-9-14(19)13-7-4-5-8-13/h13-14H,3-11,17H2,1-2H3. The maximum atomic E-state index is 6.35. The number of nitrogens with zero attached hydrogens (tertiary/aromatic N) is 3. The number of hydrogen-bond acceptors (Lipinski definition) is 3. The van der Waals surface area contributed by atoms with E-state index in [0.717, 1.165) is 36.8 Å². The van der Waals surface area contributed by atoms with Gasteiger partial charge in [0.2, 0.25) is 0 Å². The van der Waals surface area contributed by atoms with Gasteiger partial charge in [0.15, 0.2) is 5.82 Å². The largest absolute Gasteiger partial charge is 0.394 e. The van der Waals surface area contributed by atoms with Gasteiger partial charge in [0.05, 0.1) is 11.4 Å². The molecule has 2 aliphatic rings. The Labute approximate surface area is 122 Å². The zero-order valence-corrected chi connectivity index (χ0v) is 12.9. The molecule has 0 radical (unpaired) electrons. The number of nitrogens with two attached hydrogens (primary N) is 1. The fraction of sp³-hybridized carbons (Fsp3) is 0.812. The van der Waals surface area contributed by atoms with E-state index in [1.54, 1.807) is 0 Å². The van der Waals surface area contributed by atoms with Crippen molar-refractivity contribution in [3.05, 3.63) is 5.69 Å². The summed E-state index contributed by atoms with van der Waals surface area (Å²) in [5.74, 6) is 2.08. The minimum Gasteiger partial charge on any atom is -0.394 e. The number of hydrogen-bond donors (Lipinski definition) is 1. The molecule has 0 bridgehead atoms. The predicted octanol–water partition coefficient (Wildman–Crippen LogP) is 3.34. The van der Waals surface area contributed by atoms with Crippen molar-refractivity contribution in [1.29, 1.82) is 0 Å². The number of aromatic nitrogens is 2. The molecule has 2 fully saturated rings. The van der Waals surface area contributed by atoms with Gasteiger partial charge in [-0.3, -0.25) is 0 Å². The van der Waals surface area contributed by atoms with Gasteiger partial charge in [-0.15, -0.1) is 0 Å². The van der Waals surface area contributed by atoms with Gasteiger partial charge in [-0.2, -0.15) is 5.10 Å². The number of nitrogen functional groups attached to an aromatic ring is 1. The van der Waals surface area contributed by atoms with Crippen LogP contribution in [0, 0.1) is 12.8 Å². The summed E-state index contributed by atoms with van der Waals surface area (Å²) in [6.07, 6.45) is 9.38. The van der Waals surface area contributed by atoms with Gasteiger partial charge in [0.25, 0.3) is 0 Å². The molecule has 0 spiro atoms. The molecule has 112 valence electrons. The predicted molar refractivity (Wildman–Crippen MR) is 84.0 cm³/mol. The van der Waals surface area contributed by atoms with Gasteiger partial charge in [-0.05, 0) is 44.9 Å². The smallest absolute Gasteiger partial charge is 0.150 e. The van der Waals surface area contributed by atoms with Crippen LogP contribution in [-0.4, -0.2) is 22.4 Å². The SMILES string of the molecule is CCCn1nc(C)c(N)c1N1CCCC1C1CCCC1. The molecule has 4 nitrogen and oxygen atoms in total. The van der Waals surface area contributed by atoms with E-state index in [1.807, 2.05) is 6.92 Å². The molecular formula is C16H28N4. The Hall–Kier alpha value is -1.19. The molecule has 4 heteroatoms. The van der Waals surface area contributed by atoms with Crippen molar-refractivity contribution in [3.8, 4) is 0 Å². The topological polar surface area (TPSA) is 47.1 Å². The molecule has 1 atom stereocenters. The van der Waals surface area contributed by atoms with Crippen LogP contribution in [-0.2, 0) is 6.54 Å². The van der Waals surface area contributed by atoms with E-state index >= 15 is 0 Å². The highest BCUT2D eigenvalue weighted by Crippen LogP contribution is 2.40. The quantitative estimate of drug-likeness (QED) is 0.917. The van der Waals surface area contributed by atoms with Crippen LogP contribution in [0.1, 0.15) is 57.6 Å². The van der Waals surface area contributed by atoms with Crippen LogP contribution in [0.5, 0.6) is 0 Å². The van der Waals surface area contributed by atoms with Gasteiger partial charge in [0.1, 0.15) is 0 Å². The highest BCUT2D eigenvalue weighted by molar-refractivity contribution is 5.67. The van der Waals surface area contributed by atoms with E-state index in [9.17, 15) is 0 Å². The van der Waals surface area contributed by atoms with E-state index < -0.39 is 0 Å². The maximum Gasteiger partial charge on any atom is 0.150 e. The average molecular weight is 276 g/mol. The Balaban J connectivity index is 1.90. The second-order valence-electron chi connectivity index (χ2n) is 6.49. The third kappa shape index (κ3) is 2.29. The van der Waals surface area contributed by atoms with Crippen LogP contribution in [0.15, 0.2) is 0 Å². The Morgan fingerprint density at radius 3 is 2.65 bits per heavy atom. The monoisotopic (exact) mass is 276 g/mol. The fourth-order valence-electron chi connectivity index (χ4n) is 4.14. The van der Waals surface area contributed by atoms with Gasteiger partial charge in [0, 0.05) is 19.1 Å². The van der Waals surface area contributed by atoms with Crippen molar-refractivity contribution in [3.63, 3.8) is 0 Å². The summed E-state index contributed by atoms with van der Waals surface area (Å²) in [6.45, 7) is 6.36. The molecule has 1 saturated carbocycles. The van der Waals surface area contributed by atoms with Gasteiger partial charge in [-0.1, -0.05) is 19.8 Å². The van der Waals surface area contributed by atoms with E-state index in [2.05, 4.69) is 21.6 Å². The first-order chi connectivity index (χ1) is 9.72. The summed E-state index contributed by atoms with van der Waals surface area (Å²) in [5, 5.41) is 4.66. The maximum absolute atomic E-state index is 6.35. The Kier molecular flexibility index (Phi) is 3.90. The molecule has 0 amide bonds. The lowest BCUT2D eigenvalue weighted by atomic mass is 9.96. The summed E-state index contributed by atoms with van der Waals surface area (Å²) in [4.78, 5) is 2.58. The van der Waals surface area contributed by atoms with E-state index in [1.165, 1.54) is 44.3 Å². The number of rotatable bonds is 4. The van der Waals surface area contributed by atoms with Gasteiger partial charge in [-0.25, -0.2) is 4.68 Å². The fourth-order valence-corrected chi connectivity index (χ4v) is 4.14. The lowest BCUT2D eigenvalue weighted by Gasteiger charge is -2.31. The van der Waals surface area contributed by atoms with Crippen molar-refractivity contribution >= 4 is 11.5 Å². The zero-order chi connectivity index (χ0) is 14.1. The lowest BCUT2D eigenvalue weighted by molar-refractivity contribution is 0.424. The molecule has 2 N–H and O–H groups in total. The van der Waals surface area contributed by atoms with Crippen molar-refractivity contribution in [2.45, 2.75) is 71.4 Å². The molecule has 0 aromatic carbocycles. The van der Waals surface area contributed by atoms with Crippen LogP contribution in [0.25, 0.3) is 0 Å². The summed E-state index contributed by atoms with van der Waals surface area (Å²) in [7, 11) is 0. The van der Waals surface area contributed by atoms with Crippen LogP contribution < -0.4 is 10.6 Å². The van der Waals surface area contributed by atoms with E-state index in [0.29, 0.717) is 6.04 Å². The van der Waals surface area contributed by atoms with Gasteiger partial charge < -0.3 is 10.6 Å². The molecular weight excluding hydrogens is 248 g/mol. The van der Waals surface area contributed by atoms with Crippen LogP contribution >= 0.6 is 0 Å². The van der Waals surface area contributed by atoms with Gasteiger partial charge >= 0.3 is 0 Å². The first-order valence-corrected chi connectivity index (χ1v) is 8.32. The number of anilines is 2. The Morgan fingerprint density at radius 2 is 1.95 bits per heavy atom. The molecule has 1 saturated heterocycles. The third-order valence-electron chi connectivity index (χ3n) is 5.10. The second kappa shape index (κ2) is 5.66. The van der Waals surface area contributed by atoms with Crippen molar-refractivity contribution in [2.75, 3.05) is 17.2 Å². The number of aryl methyl sites for hydroxylation is 2. The molecule has 2 heterocycles. The summed E-state index contributed by atoms with van der Waals surface area (Å²) >= 11 is 0. The minimum absolute atomic E-state index is 0.700. The van der Waals surface area contributed by atoms with Crippen molar-refractivity contribution in [2.24, 2.45) is 5.92 Å². The summed E-state index contributed by atoms with van der Waals surface area (Å²) in [6, 6.07) is 0.700. The van der Waals surface area contributed by atoms with Crippen molar-refractivity contribution < 1.29 is 0 Å². The summed E-state index contributed by atoms with van der Waals surface area (Å²) in [5.41, 5.74) is 8.25. The average Bonchev–Trinajstić information content (AvgIpc) is 3.12. The minimum atomic E-state index is 0.700. The highest BCUT2D eigenvalue weighted by atomic mass is 15.4. The first kappa shape index (κ1) is 13.8. The molecule has 3 rings (SSSR count). The van der Waals surface area contributed by atoms with Crippen LogP contribution in [0.4, 0.5) is 11.5 Å². The molecule has 20 heavy (non-hydrogen) atoms. The normalized spacial score (nSPS) is 23.9. The molecule has 1 aromatic rings. The lowest BCUT2D eigenvalue weighted by Crippen LogP contribution is -2.36. The van der Waals surface area contributed by atoms with Crippen LogP contribution in [0.2, 0.25) is 0 Å². The molecule has 1 aliphatic heterocycles. The summed E-state index contributed by atoms with van der Waals surface area (Å²) < 4.78 is 2.15. The third-order valence-corrected chi connectivity index (χ3v) is 5.10. The first-order valence-electron chi connectivity index (χ1n) is 8.32. The van der Waals surface area contributed by atoms with E-state index in [-0.39, 0.29) is 0 Å². The second-order valence-corrected chi connectivity index (χ2v) is 6.49. The van der Waals surface area contributed by atoms with Crippen LogP contribution in [0.3, 0.4) is 0 Å². The van der Waals surface area contributed by atoms with E-state index in [4.69, 9.17) is 5.73 Å². The Morgan fingerprint density at radius 1 is 1.20 bits per heavy atom. The molecule has 1 aliphatic carbocycles. The molecule has 1 aromatic heterocycles.